The van der Waals surface area contributed by atoms with E-state index < -0.39 is 5.82 Å². The van der Waals surface area contributed by atoms with Gasteiger partial charge in [0, 0.05) is 41.5 Å². The molecule has 3 aromatic carbocycles. The molecule has 1 saturated heterocycles. The third-order valence-corrected chi connectivity index (χ3v) is 7.30. The zero-order valence-electron chi connectivity index (χ0n) is 22.7. The number of amides is 2. The van der Waals surface area contributed by atoms with Crippen molar-refractivity contribution in [1.82, 2.24) is 14.7 Å². The minimum atomic E-state index is -0.416. The molecule has 0 spiro atoms. The molecule has 0 saturated carbocycles. The number of methoxy groups -OCH3 is 2. The second-order valence-corrected chi connectivity index (χ2v) is 9.75. The molecule has 0 atom stereocenters. The maximum atomic E-state index is 14.8. The summed E-state index contributed by atoms with van der Waals surface area (Å²) in [5.74, 6) is 0.227. The van der Waals surface area contributed by atoms with Crippen LogP contribution in [-0.2, 0) is 0 Å². The van der Waals surface area contributed by atoms with Crippen LogP contribution in [0.3, 0.4) is 0 Å². The Morgan fingerprint density at radius 3 is 2.25 bits per heavy atom. The molecule has 0 bridgehead atoms. The Kier molecular flexibility index (Phi) is 7.82. The first-order chi connectivity index (χ1) is 19.4. The second kappa shape index (κ2) is 11.6. The number of halogens is 1. The highest BCUT2D eigenvalue weighted by Crippen LogP contribution is 2.30. The number of nitrogens with one attached hydrogen (secondary N) is 1. The molecular weight excluding hydrogens is 511 g/mol. The third-order valence-electron chi connectivity index (χ3n) is 7.30. The summed E-state index contributed by atoms with van der Waals surface area (Å²) in [5.41, 5.74) is 3.37. The van der Waals surface area contributed by atoms with Crippen molar-refractivity contribution in [2.75, 3.05) is 32.6 Å². The number of aromatic nitrogens is 2. The van der Waals surface area contributed by atoms with E-state index in [4.69, 9.17) is 9.47 Å². The first-order valence-corrected chi connectivity index (χ1v) is 13.1. The van der Waals surface area contributed by atoms with E-state index in [0.29, 0.717) is 59.8 Å². The zero-order valence-corrected chi connectivity index (χ0v) is 22.7. The van der Waals surface area contributed by atoms with Crippen LogP contribution in [0.1, 0.15) is 45.2 Å². The summed E-state index contributed by atoms with van der Waals surface area (Å²) in [6, 6.07) is 17.3. The fraction of sp³-hybridized carbons (Fsp3) is 0.258. The number of nitrogens with zero attached hydrogens (tertiary/aromatic N) is 3. The lowest BCUT2D eigenvalue weighted by Crippen LogP contribution is -2.39. The van der Waals surface area contributed by atoms with E-state index in [1.165, 1.54) is 6.07 Å². The first-order valence-electron chi connectivity index (χ1n) is 13.1. The van der Waals surface area contributed by atoms with Gasteiger partial charge in [0.2, 0.25) is 0 Å². The van der Waals surface area contributed by atoms with Gasteiger partial charge >= 0.3 is 0 Å². The maximum Gasteiger partial charge on any atom is 0.256 e. The SMILES string of the molecule is COc1cc(C(=O)Nc2cnn(C3CCN(C(=O)c4ccc(-c5ccccc5)c(F)c4)CC3)c2)cc(OC)c1C. The van der Waals surface area contributed by atoms with Gasteiger partial charge in [-0.25, -0.2) is 4.39 Å². The second-order valence-electron chi connectivity index (χ2n) is 9.75. The van der Waals surface area contributed by atoms with Crippen LogP contribution < -0.4 is 14.8 Å². The van der Waals surface area contributed by atoms with E-state index in [2.05, 4.69) is 10.4 Å². The van der Waals surface area contributed by atoms with Crippen molar-refractivity contribution in [3.05, 3.63) is 95.6 Å². The highest BCUT2D eigenvalue weighted by atomic mass is 19.1. The monoisotopic (exact) mass is 542 g/mol. The third kappa shape index (κ3) is 5.54. The molecule has 5 rings (SSSR count). The molecule has 2 heterocycles. The average molecular weight is 543 g/mol. The van der Waals surface area contributed by atoms with Crippen molar-refractivity contribution in [3.63, 3.8) is 0 Å². The Morgan fingerprint density at radius 2 is 1.62 bits per heavy atom. The summed E-state index contributed by atoms with van der Waals surface area (Å²) in [6.45, 7) is 2.91. The van der Waals surface area contributed by atoms with Crippen molar-refractivity contribution in [2.24, 2.45) is 0 Å². The van der Waals surface area contributed by atoms with Crippen molar-refractivity contribution < 1.29 is 23.5 Å². The Hall–Kier alpha value is -4.66. The predicted molar refractivity (Wildman–Crippen MR) is 150 cm³/mol. The van der Waals surface area contributed by atoms with Gasteiger partial charge in [0.15, 0.2) is 0 Å². The summed E-state index contributed by atoms with van der Waals surface area (Å²) >= 11 is 0. The Balaban J connectivity index is 1.19. The molecule has 1 fully saturated rings. The Morgan fingerprint density at radius 1 is 0.950 bits per heavy atom. The summed E-state index contributed by atoms with van der Waals surface area (Å²) in [7, 11) is 3.10. The Labute approximate surface area is 232 Å². The maximum absolute atomic E-state index is 14.8. The number of piperidine rings is 1. The molecular formula is C31H31FN4O4. The van der Waals surface area contributed by atoms with Gasteiger partial charge in [-0.3, -0.25) is 14.3 Å². The van der Waals surface area contributed by atoms with Crippen LogP contribution in [0.15, 0.2) is 73.1 Å². The molecule has 0 radical (unpaired) electrons. The van der Waals surface area contributed by atoms with Gasteiger partial charge in [0.05, 0.1) is 32.1 Å². The number of likely N-dealkylation sites (tertiary alicyclic amines) is 1. The van der Waals surface area contributed by atoms with Gasteiger partial charge in [0.1, 0.15) is 17.3 Å². The number of anilines is 1. The van der Waals surface area contributed by atoms with Gasteiger partial charge in [0.25, 0.3) is 11.8 Å². The Bertz CT molecular complexity index is 1500. The van der Waals surface area contributed by atoms with E-state index in [0.717, 1.165) is 11.1 Å². The van der Waals surface area contributed by atoms with Gasteiger partial charge in [-0.15, -0.1) is 0 Å². The summed E-state index contributed by atoms with van der Waals surface area (Å²) in [6.07, 6.45) is 4.78. The highest BCUT2D eigenvalue weighted by Gasteiger charge is 2.26. The van der Waals surface area contributed by atoms with Gasteiger partial charge in [-0.05, 0) is 49.6 Å². The number of carbonyl (C=O) groups excluding carboxylic acids is 2. The van der Waals surface area contributed by atoms with Crippen LogP contribution in [0.4, 0.5) is 10.1 Å². The van der Waals surface area contributed by atoms with Crippen LogP contribution in [0, 0.1) is 12.7 Å². The molecule has 1 aliphatic rings. The standard InChI is InChI=1S/C31H31FN4O4/c1-20-28(39-2)16-23(17-29(20)40-3)30(37)34-24-18-33-36(19-24)25-11-13-35(14-12-25)31(38)22-9-10-26(27(32)15-22)21-7-5-4-6-8-21/h4-10,15-19,25H,11-14H2,1-3H3,(H,34,37). The molecule has 40 heavy (non-hydrogen) atoms. The molecule has 8 nitrogen and oxygen atoms in total. The fourth-order valence-corrected chi connectivity index (χ4v) is 5.04. The molecule has 0 unspecified atom stereocenters. The lowest BCUT2D eigenvalue weighted by atomic mass is 10.0. The van der Waals surface area contributed by atoms with E-state index in [1.807, 2.05) is 41.9 Å². The van der Waals surface area contributed by atoms with Crippen molar-refractivity contribution in [3.8, 4) is 22.6 Å². The molecule has 0 aliphatic carbocycles. The zero-order chi connectivity index (χ0) is 28.2. The molecule has 2 amide bonds. The van der Waals surface area contributed by atoms with E-state index in [-0.39, 0.29) is 17.9 Å². The van der Waals surface area contributed by atoms with E-state index in [9.17, 15) is 14.0 Å². The topological polar surface area (TPSA) is 85.7 Å². The lowest BCUT2D eigenvalue weighted by Gasteiger charge is -2.32. The number of rotatable bonds is 7. The number of hydrogen-bond acceptors (Lipinski definition) is 5. The molecule has 1 aliphatic heterocycles. The largest absolute Gasteiger partial charge is 0.496 e. The van der Waals surface area contributed by atoms with E-state index >= 15 is 0 Å². The number of carbonyl (C=O) groups is 2. The van der Waals surface area contributed by atoms with Crippen LogP contribution in [0.2, 0.25) is 0 Å². The number of ether oxygens (including phenoxy) is 2. The first kappa shape index (κ1) is 26.9. The number of hydrogen-bond donors (Lipinski definition) is 1. The minimum absolute atomic E-state index is 0.0754. The van der Waals surface area contributed by atoms with E-state index in [1.54, 1.807) is 55.8 Å². The normalized spacial score (nSPS) is 13.7. The molecule has 1 N–H and O–H groups in total. The van der Waals surface area contributed by atoms with Crippen LogP contribution in [0.25, 0.3) is 11.1 Å². The molecule has 206 valence electrons. The fourth-order valence-electron chi connectivity index (χ4n) is 5.04. The van der Waals surface area contributed by atoms with Gasteiger partial charge < -0.3 is 19.7 Å². The smallest absolute Gasteiger partial charge is 0.256 e. The van der Waals surface area contributed by atoms with Crippen molar-refractivity contribution in [2.45, 2.75) is 25.8 Å². The predicted octanol–water partition coefficient (Wildman–Crippen LogP) is 5.74. The van der Waals surface area contributed by atoms with Crippen molar-refractivity contribution >= 4 is 17.5 Å². The molecule has 9 heteroatoms. The van der Waals surface area contributed by atoms with Gasteiger partial charge in [-0.1, -0.05) is 36.4 Å². The highest BCUT2D eigenvalue weighted by molar-refractivity contribution is 6.04. The van der Waals surface area contributed by atoms with Crippen molar-refractivity contribution in [1.29, 1.82) is 0 Å². The molecule has 1 aromatic heterocycles. The quantitative estimate of drug-likeness (QED) is 0.322. The summed E-state index contributed by atoms with van der Waals surface area (Å²) in [4.78, 5) is 27.7. The number of benzene rings is 3. The molecule has 4 aromatic rings. The minimum Gasteiger partial charge on any atom is -0.496 e. The summed E-state index contributed by atoms with van der Waals surface area (Å²) < 4.78 is 27.4. The summed E-state index contributed by atoms with van der Waals surface area (Å²) in [5, 5.41) is 7.32. The van der Waals surface area contributed by atoms with Gasteiger partial charge in [-0.2, -0.15) is 5.10 Å². The lowest BCUT2D eigenvalue weighted by molar-refractivity contribution is 0.0689. The van der Waals surface area contributed by atoms with Crippen LogP contribution in [0.5, 0.6) is 11.5 Å². The van der Waals surface area contributed by atoms with Crippen LogP contribution in [-0.4, -0.2) is 53.8 Å². The van der Waals surface area contributed by atoms with Crippen LogP contribution >= 0.6 is 0 Å². The average Bonchev–Trinajstić information content (AvgIpc) is 3.45.